The van der Waals surface area contributed by atoms with E-state index in [9.17, 15) is 0 Å². The van der Waals surface area contributed by atoms with Gasteiger partial charge >= 0.3 is 27.7 Å². The second kappa shape index (κ2) is 13.6. The molecule has 0 unspecified atom stereocenters. The first-order valence-corrected chi connectivity index (χ1v) is 8.55. The minimum Gasteiger partial charge on any atom is -0.411 e. The van der Waals surface area contributed by atoms with Crippen LogP contribution >= 0.6 is 24.4 Å². The third-order valence-corrected chi connectivity index (χ3v) is 3.49. The molecule has 0 aromatic rings. The Morgan fingerprint density at radius 2 is 0.762 bits per heavy atom. The van der Waals surface area contributed by atoms with Crippen molar-refractivity contribution in [2.45, 2.75) is 79.6 Å². The Morgan fingerprint density at radius 3 is 0.762 bits per heavy atom. The molecule has 0 aliphatic rings. The number of nitrogens with zero attached hydrogens (tertiary/aromatic N) is 2. The predicted molar refractivity (Wildman–Crippen MR) is 104 cm³/mol. The first-order chi connectivity index (χ1) is 8.93. The van der Waals surface area contributed by atoms with Crippen LogP contribution in [-0.2, 0) is 52.9 Å². The first-order valence-electron chi connectivity index (χ1n) is 6.92. The molecular weight excluding hydrogens is 525 g/mol. The van der Waals surface area contributed by atoms with Gasteiger partial charge in [-0.05, 0) is 55.4 Å². The normalized spacial score (nSPS) is 10.1. The van der Waals surface area contributed by atoms with Crippen LogP contribution in [0.15, 0.2) is 0 Å². The molecule has 2 nitrogen and oxygen atoms in total. The van der Waals surface area contributed by atoms with Gasteiger partial charge in [0, 0.05) is 24.2 Å². The first kappa shape index (κ1) is 27.0. The predicted octanol–water partition coefficient (Wildman–Crippen LogP) is 3.87. The molecule has 0 spiro atoms. The maximum atomic E-state index is 4.91. The number of hydrogen-bond acceptors (Lipinski definition) is 4. The average Bonchev–Trinajstić information content (AvgIpc) is 2.12. The van der Waals surface area contributed by atoms with Crippen molar-refractivity contribution in [1.82, 2.24) is 9.80 Å². The number of thiocarbonyl (C=S) groups is 2. The average molecular weight is 553 g/mol. The van der Waals surface area contributed by atoms with Gasteiger partial charge in [-0.2, -0.15) is 0 Å². The van der Waals surface area contributed by atoms with Gasteiger partial charge in [0.15, 0.2) is 0 Å². The van der Waals surface area contributed by atoms with Crippen LogP contribution in [-0.4, -0.2) is 42.6 Å². The van der Waals surface area contributed by atoms with E-state index in [-0.39, 0.29) is 27.7 Å². The van der Waals surface area contributed by atoms with E-state index in [1.807, 2.05) is 9.80 Å². The van der Waals surface area contributed by atoms with Crippen molar-refractivity contribution in [3.05, 3.63) is 0 Å². The summed E-state index contributed by atoms with van der Waals surface area (Å²) in [6.07, 6.45) is 0. The van der Waals surface area contributed by atoms with Gasteiger partial charge in [0.05, 0.1) is 0 Å². The summed E-state index contributed by atoms with van der Waals surface area (Å²) in [5, 5.41) is 0. The largest absolute Gasteiger partial charge is 2.00 e. The molecule has 7 heteroatoms. The van der Waals surface area contributed by atoms with Crippen LogP contribution in [0, 0.1) is 0 Å². The van der Waals surface area contributed by atoms with Gasteiger partial charge in [0.2, 0.25) is 0 Å². The number of hydrogen-bond donors (Lipinski definition) is 0. The molecule has 120 valence electrons. The summed E-state index contributed by atoms with van der Waals surface area (Å²) in [4.78, 5) is 4.09. The van der Waals surface area contributed by atoms with E-state index in [0.29, 0.717) is 32.8 Å². The van der Waals surface area contributed by atoms with Crippen molar-refractivity contribution in [3.8, 4) is 0 Å². The Hall–Kier alpha value is 1.16. The molecule has 0 aliphatic carbocycles. The second-order valence-electron chi connectivity index (χ2n) is 5.72. The summed E-state index contributed by atoms with van der Waals surface area (Å²) in [5.41, 5.74) is 0. The van der Waals surface area contributed by atoms with Crippen LogP contribution in [0.3, 0.4) is 0 Å². The van der Waals surface area contributed by atoms with Crippen molar-refractivity contribution in [2.24, 2.45) is 0 Å². The van der Waals surface area contributed by atoms with E-state index in [0.717, 1.165) is 0 Å². The molecule has 0 saturated heterocycles. The molecule has 0 saturated carbocycles. The van der Waals surface area contributed by atoms with Crippen molar-refractivity contribution in [1.29, 1.82) is 0 Å². The molecule has 21 heavy (non-hydrogen) atoms. The van der Waals surface area contributed by atoms with E-state index in [2.05, 4.69) is 55.4 Å². The standard InChI is InChI=1S/2C7H15NS2.Hg/c2*1-5(2)8(6(3)4)7(9)10;/h2*5-6H,1-4H3,(H,9,10);/q;;+2/p-2. The minimum atomic E-state index is 0. The van der Waals surface area contributed by atoms with Crippen LogP contribution in [0.2, 0.25) is 0 Å². The smallest absolute Gasteiger partial charge is 0.411 e. The van der Waals surface area contributed by atoms with Crippen molar-refractivity contribution < 1.29 is 27.7 Å². The van der Waals surface area contributed by atoms with E-state index in [4.69, 9.17) is 49.7 Å². The molecule has 0 rings (SSSR count). The molecule has 0 fully saturated rings. The Balaban J connectivity index is -0.000000295. The molecule has 0 radical (unpaired) electrons. The van der Waals surface area contributed by atoms with Gasteiger partial charge in [0.25, 0.3) is 0 Å². The van der Waals surface area contributed by atoms with E-state index < -0.39 is 0 Å². The van der Waals surface area contributed by atoms with Crippen LogP contribution in [0.25, 0.3) is 0 Å². The quantitative estimate of drug-likeness (QED) is 0.295. The van der Waals surface area contributed by atoms with Gasteiger partial charge in [0.1, 0.15) is 0 Å². The van der Waals surface area contributed by atoms with Gasteiger partial charge in [-0.25, -0.2) is 0 Å². The molecular formula is C14H28HgN2S4. The zero-order chi connectivity index (χ0) is 16.6. The summed E-state index contributed by atoms with van der Waals surface area (Å²) >= 11 is 19.6. The molecule has 0 N–H and O–H groups in total. The molecule has 0 aromatic carbocycles. The maximum Gasteiger partial charge on any atom is 2.00 e. The van der Waals surface area contributed by atoms with Gasteiger partial charge in [-0.15, -0.1) is 0 Å². The molecule has 0 aliphatic heterocycles. The third-order valence-electron chi connectivity index (χ3n) is 2.65. The van der Waals surface area contributed by atoms with Gasteiger partial charge in [-0.3, -0.25) is 0 Å². The fourth-order valence-electron chi connectivity index (χ4n) is 2.04. The summed E-state index contributed by atoms with van der Waals surface area (Å²) in [6, 6.07) is 1.69. The topological polar surface area (TPSA) is 6.48 Å². The Bertz CT molecular complexity index is 261. The van der Waals surface area contributed by atoms with Crippen molar-refractivity contribution in [3.63, 3.8) is 0 Å². The zero-order valence-electron chi connectivity index (χ0n) is 14.5. The monoisotopic (exact) mass is 554 g/mol. The third kappa shape index (κ3) is 12.3. The SMILES string of the molecule is CC(C)N(C(=S)[S-])C(C)C.CC(C)N(C(=S)[S-])C(C)C.[Hg+2]. The zero-order valence-corrected chi connectivity index (χ0v) is 23.3. The number of rotatable bonds is 4. The van der Waals surface area contributed by atoms with E-state index in [1.54, 1.807) is 0 Å². The van der Waals surface area contributed by atoms with Crippen LogP contribution in [0.4, 0.5) is 0 Å². The van der Waals surface area contributed by atoms with E-state index in [1.165, 1.54) is 0 Å². The molecule has 0 atom stereocenters. The second-order valence-corrected chi connectivity index (χ2v) is 7.78. The Morgan fingerprint density at radius 1 is 0.619 bits per heavy atom. The minimum absolute atomic E-state index is 0. The Labute approximate surface area is 174 Å². The van der Waals surface area contributed by atoms with Crippen LogP contribution in [0.1, 0.15) is 55.4 Å². The maximum absolute atomic E-state index is 4.91. The summed E-state index contributed by atoms with van der Waals surface area (Å²) in [6.45, 7) is 16.8. The molecule has 0 amide bonds. The molecule has 0 heterocycles. The van der Waals surface area contributed by atoms with Gasteiger partial charge < -0.3 is 59.5 Å². The summed E-state index contributed by atoms with van der Waals surface area (Å²) < 4.78 is 1.15. The fourth-order valence-corrected chi connectivity index (χ4v) is 3.72. The fraction of sp³-hybridized carbons (Fsp3) is 0.857. The molecule has 0 aromatic heterocycles. The van der Waals surface area contributed by atoms with Crippen molar-refractivity contribution >= 4 is 58.3 Å². The summed E-state index contributed by atoms with van der Waals surface area (Å²) in [7, 11) is 0. The van der Waals surface area contributed by atoms with E-state index >= 15 is 0 Å². The van der Waals surface area contributed by atoms with Crippen molar-refractivity contribution in [2.75, 3.05) is 0 Å². The summed E-state index contributed by atoms with van der Waals surface area (Å²) in [5.74, 6) is 0. The van der Waals surface area contributed by atoms with Gasteiger partial charge in [-0.1, -0.05) is 8.64 Å². The van der Waals surface area contributed by atoms with Crippen LogP contribution in [0.5, 0.6) is 0 Å². The van der Waals surface area contributed by atoms with Crippen LogP contribution < -0.4 is 0 Å². The Kier molecular flexibility index (Phi) is 17.5. The molecule has 0 bridgehead atoms.